The Bertz CT molecular complexity index is 970. The van der Waals surface area contributed by atoms with Crippen molar-refractivity contribution in [2.75, 3.05) is 34.3 Å². The third kappa shape index (κ3) is 4.21. The van der Waals surface area contributed by atoms with Crippen molar-refractivity contribution in [1.82, 2.24) is 14.8 Å². The molecule has 7 nitrogen and oxygen atoms in total. The van der Waals surface area contributed by atoms with Crippen molar-refractivity contribution in [3.05, 3.63) is 65.0 Å². The summed E-state index contributed by atoms with van der Waals surface area (Å²) in [5.41, 5.74) is 1.85. The maximum atomic E-state index is 13.0. The van der Waals surface area contributed by atoms with Crippen LogP contribution >= 0.6 is 0 Å². The third-order valence-electron chi connectivity index (χ3n) is 5.20. The number of carbonyl (C=O) groups is 2. The molecule has 0 bridgehead atoms. The summed E-state index contributed by atoms with van der Waals surface area (Å²) in [5.74, 6) is -0.853. The smallest absolute Gasteiger partial charge is 0.295 e. The van der Waals surface area contributed by atoms with Gasteiger partial charge in [-0.3, -0.25) is 14.6 Å². The molecular formula is C23H27N3O4. The quantitative estimate of drug-likeness (QED) is 0.430. The number of hydrogen-bond donors (Lipinski definition) is 1. The molecule has 2 heterocycles. The van der Waals surface area contributed by atoms with Gasteiger partial charge in [-0.2, -0.15) is 0 Å². The second kappa shape index (κ2) is 9.09. The van der Waals surface area contributed by atoms with Crippen LogP contribution in [-0.2, 0) is 9.59 Å². The van der Waals surface area contributed by atoms with Gasteiger partial charge in [0.15, 0.2) is 0 Å². The number of benzene rings is 1. The molecule has 1 aromatic carbocycles. The van der Waals surface area contributed by atoms with Gasteiger partial charge in [0.25, 0.3) is 11.7 Å². The van der Waals surface area contributed by atoms with Crippen LogP contribution in [0.15, 0.2) is 48.2 Å². The summed E-state index contributed by atoms with van der Waals surface area (Å²) in [5, 5.41) is 11.1. The molecule has 0 aliphatic carbocycles. The molecule has 0 radical (unpaired) electrons. The Morgan fingerprint density at radius 1 is 1.23 bits per heavy atom. The van der Waals surface area contributed by atoms with Gasteiger partial charge >= 0.3 is 0 Å². The molecular weight excluding hydrogens is 382 g/mol. The van der Waals surface area contributed by atoms with E-state index in [0.717, 1.165) is 12.1 Å². The normalized spacial score (nSPS) is 18.3. The van der Waals surface area contributed by atoms with Crippen LogP contribution in [0.3, 0.4) is 0 Å². The van der Waals surface area contributed by atoms with Crippen LogP contribution in [0.1, 0.15) is 29.3 Å². The van der Waals surface area contributed by atoms with Gasteiger partial charge in [-0.15, -0.1) is 0 Å². The van der Waals surface area contributed by atoms with Crippen molar-refractivity contribution >= 4 is 17.4 Å². The number of ketones is 1. The van der Waals surface area contributed by atoms with Gasteiger partial charge in [-0.1, -0.05) is 6.07 Å². The minimum absolute atomic E-state index is 0.0665. The van der Waals surface area contributed by atoms with Crippen molar-refractivity contribution in [1.29, 1.82) is 0 Å². The van der Waals surface area contributed by atoms with Crippen LogP contribution in [-0.4, -0.2) is 65.9 Å². The van der Waals surface area contributed by atoms with Gasteiger partial charge in [-0.05, 0) is 69.9 Å². The lowest BCUT2D eigenvalue weighted by molar-refractivity contribution is -0.140. The van der Waals surface area contributed by atoms with Gasteiger partial charge in [0.1, 0.15) is 17.6 Å². The van der Waals surface area contributed by atoms with E-state index < -0.39 is 17.7 Å². The van der Waals surface area contributed by atoms with Gasteiger partial charge in [0, 0.05) is 18.3 Å². The predicted molar refractivity (Wildman–Crippen MR) is 114 cm³/mol. The number of nitrogens with zero attached hydrogens (tertiary/aromatic N) is 3. The summed E-state index contributed by atoms with van der Waals surface area (Å²) < 4.78 is 5.22. The highest BCUT2D eigenvalue weighted by molar-refractivity contribution is 6.46. The van der Waals surface area contributed by atoms with Crippen LogP contribution < -0.4 is 4.74 Å². The van der Waals surface area contributed by atoms with E-state index in [1.807, 2.05) is 25.9 Å². The SMILES string of the molecule is COc1ccc(/C(O)=C2/C(=O)C(=O)N(CCCN(C)C)C2c2ccccn2)c(C)c1. The third-order valence-corrected chi connectivity index (χ3v) is 5.20. The number of aliphatic hydroxyl groups is 1. The van der Waals surface area contributed by atoms with Crippen molar-refractivity contribution in [3.8, 4) is 5.75 Å². The molecule has 1 amide bonds. The molecule has 1 aromatic heterocycles. The highest BCUT2D eigenvalue weighted by Gasteiger charge is 2.46. The summed E-state index contributed by atoms with van der Waals surface area (Å²) in [4.78, 5) is 33.8. The highest BCUT2D eigenvalue weighted by Crippen LogP contribution is 2.39. The maximum absolute atomic E-state index is 13.0. The summed E-state index contributed by atoms with van der Waals surface area (Å²) in [6.45, 7) is 2.98. The predicted octanol–water partition coefficient (Wildman–Crippen LogP) is 2.77. The lowest BCUT2D eigenvalue weighted by Crippen LogP contribution is -2.32. The molecule has 7 heteroatoms. The number of carbonyl (C=O) groups excluding carboxylic acids is 2. The zero-order valence-corrected chi connectivity index (χ0v) is 17.8. The van der Waals surface area contributed by atoms with Gasteiger partial charge in [0.05, 0.1) is 18.4 Å². The van der Waals surface area contributed by atoms with Gasteiger partial charge in [-0.25, -0.2) is 0 Å². The maximum Gasteiger partial charge on any atom is 0.295 e. The van der Waals surface area contributed by atoms with Gasteiger partial charge < -0.3 is 19.6 Å². The lowest BCUT2D eigenvalue weighted by Gasteiger charge is -2.25. The minimum atomic E-state index is -0.727. The number of methoxy groups -OCH3 is 1. The standard InChI is InChI=1S/C23H27N3O4/c1-15-14-16(30-4)9-10-17(15)21(27)19-20(18-8-5-6-11-24-18)26(23(29)22(19)28)13-7-12-25(2)3/h5-6,8-11,14,20,27H,7,12-13H2,1-4H3/b21-19-. The number of amides is 1. The van der Waals surface area contributed by atoms with E-state index in [2.05, 4.69) is 4.98 Å². The van der Waals surface area contributed by atoms with E-state index in [4.69, 9.17) is 4.74 Å². The first kappa shape index (κ1) is 21.5. The first-order valence-corrected chi connectivity index (χ1v) is 9.84. The molecule has 0 saturated carbocycles. The molecule has 1 saturated heterocycles. The molecule has 0 spiro atoms. The summed E-state index contributed by atoms with van der Waals surface area (Å²) >= 11 is 0. The minimum Gasteiger partial charge on any atom is -0.507 e. The fourth-order valence-corrected chi connectivity index (χ4v) is 3.69. The number of hydrogen-bond acceptors (Lipinski definition) is 6. The van der Waals surface area contributed by atoms with E-state index in [1.54, 1.807) is 49.7 Å². The fraction of sp³-hybridized carbons (Fsp3) is 0.348. The van der Waals surface area contributed by atoms with Crippen LogP contribution in [0.2, 0.25) is 0 Å². The summed E-state index contributed by atoms with van der Waals surface area (Å²) in [7, 11) is 5.47. The van der Waals surface area contributed by atoms with Gasteiger partial charge in [0.2, 0.25) is 0 Å². The number of rotatable bonds is 7. The first-order valence-electron chi connectivity index (χ1n) is 9.84. The van der Waals surface area contributed by atoms with E-state index in [9.17, 15) is 14.7 Å². The largest absolute Gasteiger partial charge is 0.507 e. The zero-order chi connectivity index (χ0) is 21.8. The van der Waals surface area contributed by atoms with Crippen LogP contribution in [0.5, 0.6) is 5.75 Å². The molecule has 1 unspecified atom stereocenters. The number of pyridine rings is 1. The number of ether oxygens (including phenoxy) is 1. The fourth-order valence-electron chi connectivity index (χ4n) is 3.69. The van der Waals surface area contributed by atoms with Crippen molar-refractivity contribution in [3.63, 3.8) is 0 Å². The average molecular weight is 409 g/mol. The second-order valence-corrected chi connectivity index (χ2v) is 7.58. The van der Waals surface area contributed by atoms with Crippen molar-refractivity contribution < 1.29 is 19.4 Å². The van der Waals surface area contributed by atoms with E-state index >= 15 is 0 Å². The number of aliphatic hydroxyl groups excluding tert-OH is 1. The lowest BCUT2D eigenvalue weighted by atomic mass is 9.96. The molecule has 1 N–H and O–H groups in total. The first-order chi connectivity index (χ1) is 14.3. The van der Waals surface area contributed by atoms with Crippen LogP contribution in [0.25, 0.3) is 5.76 Å². The Kier molecular flexibility index (Phi) is 6.52. The molecule has 1 aliphatic rings. The topological polar surface area (TPSA) is 83.0 Å². The Morgan fingerprint density at radius 2 is 2.00 bits per heavy atom. The number of likely N-dealkylation sites (tertiary alicyclic amines) is 1. The van der Waals surface area contributed by atoms with E-state index in [-0.39, 0.29) is 11.3 Å². The van der Waals surface area contributed by atoms with E-state index in [1.165, 1.54) is 4.90 Å². The Morgan fingerprint density at radius 3 is 2.60 bits per heavy atom. The summed E-state index contributed by atoms with van der Waals surface area (Å²) in [6, 6.07) is 9.80. The Labute approximate surface area is 176 Å². The Balaban J connectivity index is 2.09. The van der Waals surface area contributed by atoms with E-state index in [0.29, 0.717) is 30.0 Å². The molecule has 30 heavy (non-hydrogen) atoms. The second-order valence-electron chi connectivity index (χ2n) is 7.58. The highest BCUT2D eigenvalue weighted by atomic mass is 16.5. The summed E-state index contributed by atoms with van der Waals surface area (Å²) in [6.07, 6.45) is 2.32. The zero-order valence-electron chi connectivity index (χ0n) is 17.8. The van der Waals surface area contributed by atoms with Crippen LogP contribution in [0.4, 0.5) is 0 Å². The Hall–Kier alpha value is -3.19. The molecule has 3 rings (SSSR count). The number of aromatic nitrogens is 1. The number of Topliss-reactive ketones (excluding diaryl/α,β-unsaturated/α-hetero) is 1. The number of aryl methyl sites for hydroxylation is 1. The van der Waals surface area contributed by atoms with Crippen molar-refractivity contribution in [2.45, 2.75) is 19.4 Å². The molecule has 158 valence electrons. The monoisotopic (exact) mass is 409 g/mol. The van der Waals surface area contributed by atoms with Crippen molar-refractivity contribution in [2.24, 2.45) is 0 Å². The molecule has 1 fully saturated rings. The average Bonchev–Trinajstić information content (AvgIpc) is 2.98. The molecule has 2 aromatic rings. The molecule has 1 atom stereocenters. The van der Waals surface area contributed by atoms with Crippen LogP contribution in [0, 0.1) is 6.92 Å². The molecule has 1 aliphatic heterocycles.